The topological polar surface area (TPSA) is 43.1 Å². The number of benzene rings is 1. The number of fused-ring (bicyclic) bond motifs is 1. The molecule has 112 valence electrons. The summed E-state index contributed by atoms with van der Waals surface area (Å²) in [6.07, 6.45) is 6.65. The van der Waals surface area contributed by atoms with E-state index in [4.69, 9.17) is 16.6 Å². The first-order valence-corrected chi connectivity index (χ1v) is 8.02. The third kappa shape index (κ3) is 2.10. The van der Waals surface area contributed by atoms with E-state index in [0.29, 0.717) is 10.8 Å². The molecule has 1 fully saturated rings. The Balaban J connectivity index is 1.87. The van der Waals surface area contributed by atoms with Gasteiger partial charge in [-0.2, -0.15) is 0 Å². The molecule has 0 radical (unpaired) electrons. The molecule has 4 nitrogen and oxygen atoms in total. The second-order valence-electron chi connectivity index (χ2n) is 6.26. The van der Waals surface area contributed by atoms with Gasteiger partial charge >= 0.3 is 0 Å². The lowest BCUT2D eigenvalue weighted by Gasteiger charge is -2.23. The Morgan fingerprint density at radius 1 is 1.09 bits per heavy atom. The van der Waals surface area contributed by atoms with Gasteiger partial charge in [0.05, 0.1) is 10.7 Å². The SMILES string of the molecule is CC1(c2nc3nnc(-c4ccccc4)n3cc2Cl)CCCC1. The van der Waals surface area contributed by atoms with E-state index >= 15 is 0 Å². The predicted octanol–water partition coefficient (Wildman–Crippen LogP) is 4.28. The first-order chi connectivity index (χ1) is 10.7. The highest BCUT2D eigenvalue weighted by atomic mass is 35.5. The molecule has 0 atom stereocenters. The first kappa shape index (κ1) is 13.7. The fraction of sp³-hybridized carbons (Fsp3) is 0.353. The van der Waals surface area contributed by atoms with Crippen molar-refractivity contribution in [1.29, 1.82) is 0 Å². The highest BCUT2D eigenvalue weighted by Crippen LogP contribution is 2.42. The van der Waals surface area contributed by atoms with Gasteiger partial charge in [-0.3, -0.25) is 4.40 Å². The Labute approximate surface area is 134 Å². The van der Waals surface area contributed by atoms with Crippen molar-refractivity contribution in [1.82, 2.24) is 19.6 Å². The molecule has 1 aromatic carbocycles. The van der Waals surface area contributed by atoms with E-state index in [-0.39, 0.29) is 5.41 Å². The lowest BCUT2D eigenvalue weighted by molar-refractivity contribution is 0.476. The van der Waals surface area contributed by atoms with Crippen molar-refractivity contribution < 1.29 is 0 Å². The smallest absolute Gasteiger partial charge is 0.255 e. The molecule has 1 aliphatic carbocycles. The molecule has 2 heterocycles. The zero-order valence-electron chi connectivity index (χ0n) is 12.5. The third-order valence-corrected chi connectivity index (χ3v) is 4.95. The summed E-state index contributed by atoms with van der Waals surface area (Å²) in [5, 5.41) is 9.23. The maximum Gasteiger partial charge on any atom is 0.255 e. The molecule has 0 spiro atoms. The van der Waals surface area contributed by atoms with Gasteiger partial charge in [0.1, 0.15) is 0 Å². The summed E-state index contributed by atoms with van der Waals surface area (Å²) >= 11 is 6.55. The van der Waals surface area contributed by atoms with E-state index in [1.54, 1.807) is 0 Å². The molecule has 0 N–H and O–H groups in total. The molecular weight excluding hydrogens is 296 g/mol. The molecule has 0 aliphatic heterocycles. The monoisotopic (exact) mass is 312 g/mol. The lowest BCUT2D eigenvalue weighted by Crippen LogP contribution is -2.20. The van der Waals surface area contributed by atoms with Gasteiger partial charge in [-0.15, -0.1) is 10.2 Å². The van der Waals surface area contributed by atoms with Gasteiger partial charge in [-0.25, -0.2) is 4.98 Å². The van der Waals surface area contributed by atoms with Gasteiger partial charge < -0.3 is 0 Å². The van der Waals surface area contributed by atoms with Crippen molar-refractivity contribution in [3.05, 3.63) is 47.2 Å². The van der Waals surface area contributed by atoms with Crippen LogP contribution < -0.4 is 0 Å². The molecule has 0 amide bonds. The van der Waals surface area contributed by atoms with E-state index in [2.05, 4.69) is 17.1 Å². The molecule has 3 aromatic rings. The predicted molar refractivity (Wildman–Crippen MR) is 87.0 cm³/mol. The van der Waals surface area contributed by atoms with Crippen molar-refractivity contribution in [3.63, 3.8) is 0 Å². The third-order valence-electron chi connectivity index (χ3n) is 4.67. The molecule has 2 aromatic heterocycles. The zero-order valence-corrected chi connectivity index (χ0v) is 13.2. The van der Waals surface area contributed by atoms with Gasteiger partial charge in [0.25, 0.3) is 5.78 Å². The van der Waals surface area contributed by atoms with Crippen LogP contribution in [0.1, 0.15) is 38.3 Å². The van der Waals surface area contributed by atoms with E-state index in [9.17, 15) is 0 Å². The summed E-state index contributed by atoms with van der Waals surface area (Å²) in [6, 6.07) is 9.98. The van der Waals surface area contributed by atoms with Crippen molar-refractivity contribution in [2.75, 3.05) is 0 Å². The minimum atomic E-state index is 0.0672. The van der Waals surface area contributed by atoms with Crippen LogP contribution >= 0.6 is 11.6 Å². The van der Waals surface area contributed by atoms with Crippen molar-refractivity contribution in [3.8, 4) is 11.4 Å². The molecule has 1 aliphatic rings. The number of rotatable bonds is 2. The van der Waals surface area contributed by atoms with Gasteiger partial charge in [-0.05, 0) is 12.8 Å². The summed E-state index contributed by atoms with van der Waals surface area (Å²) in [5.41, 5.74) is 2.04. The molecule has 5 heteroatoms. The van der Waals surface area contributed by atoms with Crippen molar-refractivity contribution in [2.45, 2.75) is 38.0 Å². The lowest BCUT2D eigenvalue weighted by atomic mass is 9.85. The van der Waals surface area contributed by atoms with Gasteiger partial charge in [0.15, 0.2) is 5.82 Å². The maximum atomic E-state index is 6.55. The van der Waals surface area contributed by atoms with Gasteiger partial charge in [0, 0.05) is 17.2 Å². The second-order valence-corrected chi connectivity index (χ2v) is 6.67. The van der Waals surface area contributed by atoms with Crippen LogP contribution in [0.3, 0.4) is 0 Å². The van der Waals surface area contributed by atoms with Crippen LogP contribution in [0, 0.1) is 0 Å². The number of hydrogen-bond acceptors (Lipinski definition) is 3. The Morgan fingerprint density at radius 3 is 2.55 bits per heavy atom. The van der Waals surface area contributed by atoms with E-state index in [1.807, 2.05) is 40.9 Å². The number of nitrogens with zero attached hydrogens (tertiary/aromatic N) is 4. The van der Waals surface area contributed by atoms with Crippen molar-refractivity contribution in [2.24, 2.45) is 0 Å². The van der Waals surface area contributed by atoms with Crippen LogP contribution in [0.4, 0.5) is 0 Å². The minimum Gasteiger partial charge on any atom is -0.265 e. The van der Waals surface area contributed by atoms with Crippen molar-refractivity contribution >= 4 is 17.4 Å². The average molecular weight is 313 g/mol. The second kappa shape index (κ2) is 5.06. The fourth-order valence-electron chi connectivity index (χ4n) is 3.41. The average Bonchev–Trinajstić information content (AvgIpc) is 3.14. The van der Waals surface area contributed by atoms with E-state index in [0.717, 1.165) is 29.9 Å². The summed E-state index contributed by atoms with van der Waals surface area (Å²) < 4.78 is 1.87. The Bertz CT molecular complexity index is 819. The zero-order chi connectivity index (χ0) is 15.2. The summed E-state index contributed by atoms with van der Waals surface area (Å²) in [7, 11) is 0. The highest BCUT2D eigenvalue weighted by molar-refractivity contribution is 6.31. The standard InChI is InChI=1S/C17H17ClN4/c1-17(9-5-6-10-17)14-13(18)11-22-15(20-21-16(22)19-14)12-7-3-2-4-8-12/h2-4,7-8,11H,5-6,9-10H2,1H3. The largest absolute Gasteiger partial charge is 0.265 e. The van der Waals surface area contributed by atoms with Crippen LogP contribution in [0.2, 0.25) is 5.02 Å². The highest BCUT2D eigenvalue weighted by Gasteiger charge is 2.34. The summed E-state index contributed by atoms with van der Waals surface area (Å²) in [5.74, 6) is 1.39. The van der Waals surface area contributed by atoms with Crippen LogP contribution in [0.25, 0.3) is 17.2 Å². The fourth-order valence-corrected chi connectivity index (χ4v) is 3.77. The van der Waals surface area contributed by atoms with Gasteiger partial charge in [-0.1, -0.05) is 61.7 Å². The van der Waals surface area contributed by atoms with Crippen LogP contribution in [0.5, 0.6) is 0 Å². The normalized spacial score (nSPS) is 17.2. The number of aromatic nitrogens is 4. The Hall–Kier alpha value is -1.94. The Kier molecular flexibility index (Phi) is 3.15. The number of halogens is 1. The molecule has 1 saturated carbocycles. The molecule has 4 rings (SSSR count). The Morgan fingerprint density at radius 2 is 1.82 bits per heavy atom. The van der Waals surface area contributed by atoms with Crippen LogP contribution in [-0.2, 0) is 5.41 Å². The van der Waals surface area contributed by atoms with Gasteiger partial charge in [0.2, 0.25) is 0 Å². The van der Waals surface area contributed by atoms with E-state index in [1.165, 1.54) is 12.8 Å². The summed E-state index contributed by atoms with van der Waals surface area (Å²) in [4.78, 5) is 4.73. The molecule has 0 bridgehead atoms. The maximum absolute atomic E-state index is 6.55. The van der Waals surface area contributed by atoms with Crippen LogP contribution in [-0.4, -0.2) is 19.6 Å². The molecular formula is C17H17ClN4. The molecule has 0 saturated heterocycles. The van der Waals surface area contributed by atoms with Crippen LogP contribution in [0.15, 0.2) is 36.5 Å². The van der Waals surface area contributed by atoms with E-state index < -0.39 is 0 Å². The quantitative estimate of drug-likeness (QED) is 0.709. The first-order valence-electron chi connectivity index (χ1n) is 7.65. The molecule has 22 heavy (non-hydrogen) atoms. The summed E-state index contributed by atoms with van der Waals surface area (Å²) in [6.45, 7) is 2.25. The molecule has 0 unspecified atom stereocenters. The minimum absolute atomic E-state index is 0.0672. The number of hydrogen-bond donors (Lipinski definition) is 0.